The average Bonchev–Trinajstić information content (AvgIpc) is 2.25. The van der Waals surface area contributed by atoms with Gasteiger partial charge >= 0.3 is 0 Å². The van der Waals surface area contributed by atoms with E-state index in [2.05, 4.69) is 63.4 Å². The van der Waals surface area contributed by atoms with Crippen molar-refractivity contribution in [2.75, 3.05) is 20.4 Å². The van der Waals surface area contributed by atoms with Crippen LogP contribution in [0.15, 0.2) is 29.2 Å². The molecule has 0 amide bonds. The van der Waals surface area contributed by atoms with E-state index in [9.17, 15) is 0 Å². The molecule has 1 aromatic carbocycles. The summed E-state index contributed by atoms with van der Waals surface area (Å²) in [6.45, 7) is 4.17. The number of hydrogen-bond acceptors (Lipinski definition) is 3. The SMILES string of the molecule is CSc1ccc(C(CC(C)(C)N)N(C)C)cc1. The Morgan fingerprint density at radius 1 is 1.24 bits per heavy atom. The molecule has 1 rings (SSSR count). The van der Waals surface area contributed by atoms with E-state index >= 15 is 0 Å². The summed E-state index contributed by atoms with van der Waals surface area (Å²) in [5.74, 6) is 0. The van der Waals surface area contributed by atoms with E-state index in [4.69, 9.17) is 5.73 Å². The van der Waals surface area contributed by atoms with Gasteiger partial charge < -0.3 is 10.6 Å². The van der Waals surface area contributed by atoms with Crippen LogP contribution in [0.4, 0.5) is 0 Å². The first-order valence-electron chi connectivity index (χ1n) is 5.93. The highest BCUT2D eigenvalue weighted by atomic mass is 32.2. The van der Waals surface area contributed by atoms with E-state index in [0.29, 0.717) is 6.04 Å². The zero-order valence-corrected chi connectivity index (χ0v) is 12.3. The molecule has 0 bridgehead atoms. The minimum Gasteiger partial charge on any atom is -0.325 e. The first kappa shape index (κ1) is 14.6. The van der Waals surface area contributed by atoms with Crippen molar-refractivity contribution in [2.24, 2.45) is 5.73 Å². The molecule has 0 spiro atoms. The van der Waals surface area contributed by atoms with E-state index in [0.717, 1.165) is 6.42 Å². The quantitative estimate of drug-likeness (QED) is 0.816. The summed E-state index contributed by atoms with van der Waals surface area (Å²) in [6, 6.07) is 9.16. The summed E-state index contributed by atoms with van der Waals surface area (Å²) < 4.78 is 0. The van der Waals surface area contributed by atoms with Gasteiger partial charge in [0.15, 0.2) is 0 Å². The van der Waals surface area contributed by atoms with Gasteiger partial charge in [0.2, 0.25) is 0 Å². The number of benzene rings is 1. The van der Waals surface area contributed by atoms with Crippen LogP contribution in [0.3, 0.4) is 0 Å². The average molecular weight is 252 g/mol. The number of nitrogens with zero attached hydrogens (tertiary/aromatic N) is 1. The Hall–Kier alpha value is -0.510. The first-order valence-corrected chi connectivity index (χ1v) is 7.15. The largest absolute Gasteiger partial charge is 0.325 e. The van der Waals surface area contributed by atoms with Crippen molar-refractivity contribution in [3.8, 4) is 0 Å². The Kier molecular flexibility index (Phi) is 5.04. The van der Waals surface area contributed by atoms with Crippen LogP contribution in [-0.2, 0) is 0 Å². The monoisotopic (exact) mass is 252 g/mol. The predicted molar refractivity (Wildman–Crippen MR) is 77.5 cm³/mol. The Labute approximate surface area is 110 Å². The van der Waals surface area contributed by atoms with Crippen LogP contribution in [0.5, 0.6) is 0 Å². The summed E-state index contributed by atoms with van der Waals surface area (Å²) in [6.07, 6.45) is 3.06. The molecule has 2 nitrogen and oxygen atoms in total. The Morgan fingerprint density at radius 2 is 1.76 bits per heavy atom. The summed E-state index contributed by atoms with van der Waals surface area (Å²) in [5, 5.41) is 0. The molecule has 0 aliphatic rings. The second kappa shape index (κ2) is 5.89. The fraction of sp³-hybridized carbons (Fsp3) is 0.571. The second-order valence-corrected chi connectivity index (χ2v) is 6.32. The molecule has 3 heteroatoms. The number of rotatable bonds is 5. The molecule has 0 aromatic heterocycles. The van der Waals surface area contributed by atoms with Crippen molar-refractivity contribution in [1.29, 1.82) is 0 Å². The molecule has 0 aliphatic heterocycles. The molecule has 0 fully saturated rings. The maximum Gasteiger partial charge on any atom is 0.0359 e. The van der Waals surface area contributed by atoms with Gasteiger partial charge in [0, 0.05) is 16.5 Å². The van der Waals surface area contributed by atoms with Gasteiger partial charge in [-0.15, -0.1) is 11.8 Å². The summed E-state index contributed by atoms with van der Waals surface area (Å²) >= 11 is 1.77. The van der Waals surface area contributed by atoms with Gasteiger partial charge in [-0.05, 0) is 58.3 Å². The van der Waals surface area contributed by atoms with Crippen LogP contribution in [0, 0.1) is 0 Å². The van der Waals surface area contributed by atoms with Crippen molar-refractivity contribution in [3.63, 3.8) is 0 Å². The molecule has 1 unspecified atom stereocenters. The number of hydrogen-bond donors (Lipinski definition) is 1. The fourth-order valence-corrected chi connectivity index (χ4v) is 2.33. The van der Waals surface area contributed by atoms with Crippen molar-refractivity contribution in [1.82, 2.24) is 4.90 Å². The molecule has 0 heterocycles. The van der Waals surface area contributed by atoms with Gasteiger partial charge in [-0.1, -0.05) is 12.1 Å². The van der Waals surface area contributed by atoms with E-state index in [1.807, 2.05) is 0 Å². The second-order valence-electron chi connectivity index (χ2n) is 5.45. The summed E-state index contributed by atoms with van der Waals surface area (Å²) in [5.41, 5.74) is 7.33. The Morgan fingerprint density at radius 3 is 2.12 bits per heavy atom. The Balaban J connectivity index is 2.89. The lowest BCUT2D eigenvalue weighted by molar-refractivity contribution is 0.243. The molecule has 0 aliphatic carbocycles. The highest BCUT2D eigenvalue weighted by Gasteiger charge is 2.22. The summed E-state index contributed by atoms with van der Waals surface area (Å²) in [7, 11) is 4.22. The number of nitrogens with two attached hydrogens (primary N) is 1. The zero-order chi connectivity index (χ0) is 13.1. The smallest absolute Gasteiger partial charge is 0.0359 e. The third-order valence-corrected chi connectivity index (χ3v) is 3.59. The van der Waals surface area contributed by atoms with Gasteiger partial charge in [-0.25, -0.2) is 0 Å². The van der Waals surface area contributed by atoms with Gasteiger partial charge in [-0.3, -0.25) is 0 Å². The molecule has 0 saturated heterocycles. The molecular formula is C14H24N2S. The van der Waals surface area contributed by atoms with Crippen molar-refractivity contribution in [3.05, 3.63) is 29.8 Å². The van der Waals surface area contributed by atoms with Gasteiger partial charge in [0.25, 0.3) is 0 Å². The maximum absolute atomic E-state index is 6.14. The lowest BCUT2D eigenvalue weighted by Crippen LogP contribution is -2.37. The highest BCUT2D eigenvalue weighted by molar-refractivity contribution is 7.98. The van der Waals surface area contributed by atoms with E-state index in [-0.39, 0.29) is 5.54 Å². The molecule has 96 valence electrons. The van der Waals surface area contributed by atoms with Crippen LogP contribution in [-0.4, -0.2) is 30.8 Å². The van der Waals surface area contributed by atoms with Crippen molar-refractivity contribution < 1.29 is 0 Å². The third-order valence-electron chi connectivity index (χ3n) is 2.84. The normalized spacial score (nSPS) is 14.1. The lowest BCUT2D eigenvalue weighted by Gasteiger charge is -2.31. The van der Waals surface area contributed by atoms with Crippen LogP contribution in [0.1, 0.15) is 31.9 Å². The van der Waals surface area contributed by atoms with Gasteiger partial charge in [0.05, 0.1) is 0 Å². The van der Waals surface area contributed by atoms with Crippen LogP contribution < -0.4 is 5.73 Å². The predicted octanol–water partition coefficient (Wildman–Crippen LogP) is 3.14. The van der Waals surface area contributed by atoms with Crippen LogP contribution in [0.2, 0.25) is 0 Å². The Bertz CT molecular complexity index is 338. The van der Waals surface area contributed by atoms with Crippen LogP contribution >= 0.6 is 11.8 Å². The fourth-order valence-electron chi connectivity index (χ4n) is 1.92. The minimum absolute atomic E-state index is 0.146. The van der Waals surface area contributed by atoms with Crippen molar-refractivity contribution >= 4 is 11.8 Å². The zero-order valence-electron chi connectivity index (χ0n) is 11.5. The molecule has 0 radical (unpaired) electrons. The molecule has 0 saturated carbocycles. The molecule has 2 N–H and O–H groups in total. The standard InChI is InChI=1S/C14H24N2S/c1-14(2,15)10-13(16(3)4)11-6-8-12(17-5)9-7-11/h6-9,13H,10,15H2,1-5H3. The van der Waals surface area contributed by atoms with Crippen molar-refractivity contribution in [2.45, 2.75) is 36.7 Å². The highest BCUT2D eigenvalue weighted by Crippen LogP contribution is 2.28. The molecular weight excluding hydrogens is 228 g/mol. The van der Waals surface area contributed by atoms with Gasteiger partial charge in [0.1, 0.15) is 0 Å². The topological polar surface area (TPSA) is 29.3 Å². The van der Waals surface area contributed by atoms with Gasteiger partial charge in [-0.2, -0.15) is 0 Å². The number of thioether (sulfide) groups is 1. The third kappa shape index (κ3) is 4.70. The summed E-state index contributed by atoms with van der Waals surface area (Å²) in [4.78, 5) is 3.54. The maximum atomic E-state index is 6.14. The van der Waals surface area contributed by atoms with E-state index in [1.54, 1.807) is 11.8 Å². The minimum atomic E-state index is -0.146. The molecule has 17 heavy (non-hydrogen) atoms. The lowest BCUT2D eigenvalue weighted by atomic mass is 9.91. The molecule has 1 atom stereocenters. The van der Waals surface area contributed by atoms with E-state index < -0.39 is 0 Å². The van der Waals surface area contributed by atoms with E-state index in [1.165, 1.54) is 10.5 Å². The molecule has 1 aromatic rings. The first-order chi connectivity index (χ1) is 7.83. The van der Waals surface area contributed by atoms with Crippen LogP contribution in [0.25, 0.3) is 0 Å².